The van der Waals surface area contributed by atoms with Crippen molar-refractivity contribution in [3.63, 3.8) is 0 Å². The zero-order valence-electron chi connectivity index (χ0n) is 15.7. The predicted octanol–water partition coefficient (Wildman–Crippen LogP) is 7.12. The number of benzene rings is 2. The van der Waals surface area contributed by atoms with E-state index in [1.54, 1.807) is 6.20 Å². The SMILES string of the molecule is CCCCCCOc1ccc(/N=N/c2ccc(-c3cccnc3)cc2)cc1. The lowest BCUT2D eigenvalue weighted by atomic mass is 10.1. The van der Waals surface area contributed by atoms with Crippen LogP contribution in [0.15, 0.2) is 83.3 Å². The Balaban J connectivity index is 1.53. The molecular formula is C23H25N3O. The molecule has 0 bridgehead atoms. The quantitative estimate of drug-likeness (QED) is 0.301. The first-order chi connectivity index (χ1) is 13.3. The lowest BCUT2D eigenvalue weighted by molar-refractivity contribution is 0.305. The molecule has 0 aliphatic carbocycles. The van der Waals surface area contributed by atoms with Crippen LogP contribution in [0.3, 0.4) is 0 Å². The van der Waals surface area contributed by atoms with E-state index in [0.717, 1.165) is 41.3 Å². The van der Waals surface area contributed by atoms with Crippen molar-refractivity contribution in [2.45, 2.75) is 32.6 Å². The molecule has 0 spiro atoms. The van der Waals surface area contributed by atoms with Gasteiger partial charge in [-0.2, -0.15) is 10.2 Å². The van der Waals surface area contributed by atoms with Gasteiger partial charge in [0.2, 0.25) is 0 Å². The zero-order valence-corrected chi connectivity index (χ0v) is 15.7. The number of hydrogen-bond donors (Lipinski definition) is 0. The van der Waals surface area contributed by atoms with Crippen molar-refractivity contribution in [3.8, 4) is 16.9 Å². The molecule has 2 aromatic carbocycles. The number of aromatic nitrogens is 1. The molecule has 27 heavy (non-hydrogen) atoms. The molecule has 138 valence electrons. The molecule has 0 radical (unpaired) electrons. The first kappa shape index (κ1) is 18.8. The van der Waals surface area contributed by atoms with Gasteiger partial charge in [-0.1, -0.05) is 44.4 Å². The van der Waals surface area contributed by atoms with Crippen molar-refractivity contribution >= 4 is 11.4 Å². The Bertz CT molecular complexity index is 828. The average Bonchev–Trinajstić information content (AvgIpc) is 2.74. The van der Waals surface area contributed by atoms with Gasteiger partial charge in [0.1, 0.15) is 5.75 Å². The van der Waals surface area contributed by atoms with Crippen LogP contribution >= 0.6 is 0 Å². The van der Waals surface area contributed by atoms with Crippen molar-refractivity contribution in [3.05, 3.63) is 73.1 Å². The third-order valence-corrected chi connectivity index (χ3v) is 4.25. The standard InChI is InChI=1S/C23H25N3O/c1-2-3-4-5-17-27-23-14-12-22(13-15-23)26-25-21-10-8-19(9-11-21)20-7-6-16-24-18-20/h6-16,18H,2-5,17H2,1H3/b26-25+. The molecule has 3 aromatic rings. The zero-order chi connectivity index (χ0) is 18.7. The smallest absolute Gasteiger partial charge is 0.119 e. The van der Waals surface area contributed by atoms with Gasteiger partial charge in [-0.25, -0.2) is 0 Å². The molecule has 0 saturated heterocycles. The van der Waals surface area contributed by atoms with E-state index in [9.17, 15) is 0 Å². The maximum Gasteiger partial charge on any atom is 0.119 e. The second-order valence-electron chi connectivity index (χ2n) is 6.39. The monoisotopic (exact) mass is 359 g/mol. The summed E-state index contributed by atoms with van der Waals surface area (Å²) in [6, 6.07) is 19.7. The van der Waals surface area contributed by atoms with Gasteiger partial charge in [-0.15, -0.1) is 0 Å². The van der Waals surface area contributed by atoms with Crippen LogP contribution in [-0.4, -0.2) is 11.6 Å². The van der Waals surface area contributed by atoms with Gasteiger partial charge in [0.15, 0.2) is 0 Å². The van der Waals surface area contributed by atoms with E-state index in [2.05, 4.69) is 22.1 Å². The van der Waals surface area contributed by atoms with E-state index in [0.29, 0.717) is 0 Å². The molecule has 0 N–H and O–H groups in total. The molecular weight excluding hydrogens is 334 g/mol. The summed E-state index contributed by atoms with van der Waals surface area (Å²) in [6.07, 6.45) is 8.46. The molecule has 1 heterocycles. The Labute approximate surface area is 161 Å². The highest BCUT2D eigenvalue weighted by Crippen LogP contribution is 2.24. The summed E-state index contributed by atoms with van der Waals surface area (Å²) in [4.78, 5) is 4.15. The minimum absolute atomic E-state index is 0.768. The molecule has 0 atom stereocenters. The number of azo groups is 1. The number of nitrogens with zero attached hydrogens (tertiary/aromatic N) is 3. The lowest BCUT2D eigenvalue weighted by Gasteiger charge is -2.05. The van der Waals surface area contributed by atoms with Gasteiger partial charge in [0.25, 0.3) is 0 Å². The van der Waals surface area contributed by atoms with Gasteiger partial charge in [0, 0.05) is 12.4 Å². The Morgan fingerprint density at radius 1 is 0.778 bits per heavy atom. The third kappa shape index (κ3) is 6.03. The highest BCUT2D eigenvalue weighted by Gasteiger charge is 1.98. The third-order valence-electron chi connectivity index (χ3n) is 4.25. The van der Waals surface area contributed by atoms with Gasteiger partial charge < -0.3 is 4.74 Å². The van der Waals surface area contributed by atoms with Crippen molar-refractivity contribution in [2.75, 3.05) is 6.61 Å². The normalized spacial score (nSPS) is 11.0. The van der Waals surface area contributed by atoms with Gasteiger partial charge in [-0.3, -0.25) is 4.98 Å². The summed E-state index contributed by atoms with van der Waals surface area (Å²) < 4.78 is 5.75. The van der Waals surface area contributed by atoms with E-state index in [1.165, 1.54) is 19.3 Å². The molecule has 0 fully saturated rings. The summed E-state index contributed by atoms with van der Waals surface area (Å²) in [5, 5.41) is 8.60. The number of hydrogen-bond acceptors (Lipinski definition) is 4. The van der Waals surface area contributed by atoms with Crippen LogP contribution in [0.2, 0.25) is 0 Å². The second-order valence-corrected chi connectivity index (χ2v) is 6.39. The molecule has 4 heteroatoms. The van der Waals surface area contributed by atoms with Crippen LogP contribution in [0.5, 0.6) is 5.75 Å². The van der Waals surface area contributed by atoms with Crippen LogP contribution in [0.25, 0.3) is 11.1 Å². The second kappa shape index (κ2) is 10.2. The Morgan fingerprint density at radius 2 is 1.48 bits per heavy atom. The van der Waals surface area contributed by atoms with E-state index in [-0.39, 0.29) is 0 Å². The molecule has 0 aliphatic rings. The number of ether oxygens (including phenoxy) is 1. The molecule has 0 unspecified atom stereocenters. The summed E-state index contributed by atoms with van der Waals surface area (Å²) in [5.41, 5.74) is 3.83. The van der Waals surface area contributed by atoms with Crippen molar-refractivity contribution in [1.82, 2.24) is 4.98 Å². The van der Waals surface area contributed by atoms with Crippen LogP contribution in [-0.2, 0) is 0 Å². The summed E-state index contributed by atoms with van der Waals surface area (Å²) in [7, 11) is 0. The number of unbranched alkanes of at least 4 members (excludes halogenated alkanes) is 3. The summed E-state index contributed by atoms with van der Waals surface area (Å²) >= 11 is 0. The van der Waals surface area contributed by atoms with Gasteiger partial charge in [-0.05, 0) is 60.0 Å². The molecule has 3 rings (SSSR count). The fourth-order valence-electron chi connectivity index (χ4n) is 2.70. The van der Waals surface area contributed by atoms with Gasteiger partial charge in [0.05, 0.1) is 18.0 Å². The fraction of sp³-hybridized carbons (Fsp3) is 0.261. The van der Waals surface area contributed by atoms with E-state index >= 15 is 0 Å². The number of pyridine rings is 1. The highest BCUT2D eigenvalue weighted by atomic mass is 16.5. The maximum atomic E-state index is 5.75. The molecule has 0 saturated carbocycles. The average molecular weight is 359 g/mol. The Kier molecular flexibility index (Phi) is 7.10. The largest absolute Gasteiger partial charge is 0.494 e. The van der Waals surface area contributed by atoms with E-state index in [1.807, 2.05) is 66.9 Å². The van der Waals surface area contributed by atoms with Crippen molar-refractivity contribution in [1.29, 1.82) is 0 Å². The lowest BCUT2D eigenvalue weighted by Crippen LogP contribution is -1.96. The topological polar surface area (TPSA) is 46.8 Å². The molecule has 1 aromatic heterocycles. The Hall–Kier alpha value is -3.01. The van der Waals surface area contributed by atoms with Crippen molar-refractivity contribution in [2.24, 2.45) is 10.2 Å². The summed E-state index contributed by atoms with van der Waals surface area (Å²) in [5.74, 6) is 0.881. The first-order valence-corrected chi connectivity index (χ1v) is 9.50. The number of rotatable bonds is 9. The minimum atomic E-state index is 0.768. The van der Waals surface area contributed by atoms with Crippen LogP contribution in [0.1, 0.15) is 32.6 Å². The molecule has 0 aliphatic heterocycles. The Morgan fingerprint density at radius 3 is 2.11 bits per heavy atom. The van der Waals surface area contributed by atoms with Crippen molar-refractivity contribution < 1.29 is 4.74 Å². The molecule has 0 amide bonds. The van der Waals surface area contributed by atoms with E-state index in [4.69, 9.17) is 4.74 Å². The fourth-order valence-corrected chi connectivity index (χ4v) is 2.70. The predicted molar refractivity (Wildman–Crippen MR) is 110 cm³/mol. The molecule has 4 nitrogen and oxygen atoms in total. The van der Waals surface area contributed by atoms with Gasteiger partial charge >= 0.3 is 0 Å². The first-order valence-electron chi connectivity index (χ1n) is 9.50. The minimum Gasteiger partial charge on any atom is -0.494 e. The maximum absolute atomic E-state index is 5.75. The summed E-state index contributed by atoms with van der Waals surface area (Å²) in [6.45, 7) is 2.98. The highest BCUT2D eigenvalue weighted by molar-refractivity contribution is 5.64. The van der Waals surface area contributed by atoms with Crippen LogP contribution in [0.4, 0.5) is 11.4 Å². The van der Waals surface area contributed by atoms with E-state index < -0.39 is 0 Å². The van der Waals surface area contributed by atoms with Crippen LogP contribution in [0, 0.1) is 0 Å². The van der Waals surface area contributed by atoms with Crippen LogP contribution < -0.4 is 4.74 Å².